The molecule has 0 unspecified atom stereocenters. The lowest BCUT2D eigenvalue weighted by molar-refractivity contribution is 0.122. The Morgan fingerprint density at radius 2 is 1.88 bits per heavy atom. The molecule has 128 valence electrons. The average Bonchev–Trinajstić information content (AvgIpc) is 2.61. The lowest BCUT2D eigenvalue weighted by Gasteiger charge is -2.29. The van der Waals surface area contributed by atoms with Crippen LogP contribution in [0.25, 0.3) is 0 Å². The Morgan fingerprint density at radius 1 is 1.08 bits per heavy atom. The topological polar surface area (TPSA) is 33.7 Å². The molecule has 0 spiro atoms. The predicted molar refractivity (Wildman–Crippen MR) is 99.8 cm³/mol. The Kier molecular flexibility index (Phi) is 5.72. The summed E-state index contributed by atoms with van der Waals surface area (Å²) in [5.41, 5.74) is 3.11. The normalized spacial score (nSPS) is 14.5. The highest BCUT2D eigenvalue weighted by Gasteiger charge is 2.14. The first-order valence-electron chi connectivity index (χ1n) is 7.86. The Hall–Kier alpha value is -1.62. The number of methoxy groups -OCH3 is 1. The van der Waals surface area contributed by atoms with E-state index in [9.17, 15) is 0 Å². The highest BCUT2D eigenvalue weighted by molar-refractivity contribution is 6.33. The van der Waals surface area contributed by atoms with Crippen LogP contribution in [0, 0.1) is 0 Å². The monoisotopic (exact) mass is 366 g/mol. The first-order valence-corrected chi connectivity index (χ1v) is 8.61. The summed E-state index contributed by atoms with van der Waals surface area (Å²) in [7, 11) is 1.61. The van der Waals surface area contributed by atoms with Gasteiger partial charge in [0, 0.05) is 25.3 Å². The van der Waals surface area contributed by atoms with E-state index in [4.69, 9.17) is 32.7 Å². The minimum absolute atomic E-state index is 0.609. The van der Waals surface area contributed by atoms with E-state index in [0.29, 0.717) is 17.3 Å². The molecule has 1 saturated heterocycles. The van der Waals surface area contributed by atoms with Gasteiger partial charge in [0.05, 0.1) is 36.1 Å². The molecule has 24 heavy (non-hydrogen) atoms. The van der Waals surface area contributed by atoms with E-state index in [0.717, 1.165) is 48.3 Å². The molecule has 0 aromatic heterocycles. The minimum Gasteiger partial charge on any atom is -0.495 e. The first-order chi connectivity index (χ1) is 11.7. The van der Waals surface area contributed by atoms with E-state index in [-0.39, 0.29) is 0 Å². The number of ether oxygens (including phenoxy) is 2. The van der Waals surface area contributed by atoms with E-state index < -0.39 is 0 Å². The van der Waals surface area contributed by atoms with E-state index in [1.165, 1.54) is 0 Å². The number of benzene rings is 2. The summed E-state index contributed by atoms with van der Waals surface area (Å²) < 4.78 is 10.5. The highest BCUT2D eigenvalue weighted by atomic mass is 35.5. The van der Waals surface area contributed by atoms with Crippen molar-refractivity contribution in [2.24, 2.45) is 0 Å². The van der Waals surface area contributed by atoms with Gasteiger partial charge in [0.1, 0.15) is 5.75 Å². The minimum atomic E-state index is 0.609. The number of hydrogen-bond donors (Lipinski definition) is 1. The number of hydrogen-bond acceptors (Lipinski definition) is 4. The summed E-state index contributed by atoms with van der Waals surface area (Å²) in [6, 6.07) is 11.8. The van der Waals surface area contributed by atoms with Crippen LogP contribution < -0.4 is 15.0 Å². The standard InChI is InChI=1S/C18H20Cl2N2O2/c1-23-18-5-2-13(10-16(18)20)12-21-14-3-4-17(15(19)11-14)22-6-8-24-9-7-22/h2-5,10-11,21H,6-9,12H2,1H3. The molecule has 1 heterocycles. The molecule has 1 aliphatic heterocycles. The molecular formula is C18H20Cl2N2O2. The molecule has 6 heteroatoms. The quantitative estimate of drug-likeness (QED) is 0.847. The molecule has 0 aliphatic carbocycles. The third kappa shape index (κ3) is 4.07. The number of morpholine rings is 1. The smallest absolute Gasteiger partial charge is 0.137 e. The largest absolute Gasteiger partial charge is 0.495 e. The zero-order valence-corrected chi connectivity index (χ0v) is 15.0. The zero-order chi connectivity index (χ0) is 16.9. The maximum atomic E-state index is 6.45. The van der Waals surface area contributed by atoms with Crippen LogP contribution in [0.5, 0.6) is 5.75 Å². The number of halogens is 2. The lowest BCUT2D eigenvalue weighted by atomic mass is 10.2. The number of anilines is 2. The fourth-order valence-electron chi connectivity index (χ4n) is 2.70. The van der Waals surface area contributed by atoms with Crippen molar-refractivity contribution in [2.75, 3.05) is 43.6 Å². The Bertz CT molecular complexity index is 703. The van der Waals surface area contributed by atoms with Gasteiger partial charge in [-0.1, -0.05) is 29.3 Å². The van der Waals surface area contributed by atoms with Crippen molar-refractivity contribution < 1.29 is 9.47 Å². The second kappa shape index (κ2) is 7.97. The zero-order valence-electron chi connectivity index (χ0n) is 13.5. The molecular weight excluding hydrogens is 347 g/mol. The van der Waals surface area contributed by atoms with Crippen molar-refractivity contribution in [3.8, 4) is 5.75 Å². The summed E-state index contributed by atoms with van der Waals surface area (Å²) in [4.78, 5) is 2.25. The van der Waals surface area contributed by atoms with Gasteiger partial charge in [-0.2, -0.15) is 0 Å². The van der Waals surface area contributed by atoms with Gasteiger partial charge < -0.3 is 19.7 Å². The van der Waals surface area contributed by atoms with Crippen molar-refractivity contribution in [1.82, 2.24) is 0 Å². The average molecular weight is 367 g/mol. The summed E-state index contributed by atoms with van der Waals surface area (Å²) in [6.45, 7) is 3.90. The maximum Gasteiger partial charge on any atom is 0.137 e. The molecule has 2 aromatic carbocycles. The van der Waals surface area contributed by atoms with Crippen molar-refractivity contribution in [3.05, 3.63) is 52.0 Å². The fourth-order valence-corrected chi connectivity index (χ4v) is 3.28. The molecule has 0 saturated carbocycles. The lowest BCUT2D eigenvalue weighted by Crippen LogP contribution is -2.36. The maximum absolute atomic E-state index is 6.45. The third-order valence-electron chi connectivity index (χ3n) is 4.01. The van der Waals surface area contributed by atoms with Crippen LogP contribution in [0.3, 0.4) is 0 Å². The molecule has 3 rings (SSSR count). The molecule has 4 nitrogen and oxygen atoms in total. The van der Waals surface area contributed by atoms with Crippen LogP contribution in [0.15, 0.2) is 36.4 Å². The van der Waals surface area contributed by atoms with Gasteiger partial charge in [-0.3, -0.25) is 0 Å². The molecule has 1 aliphatic rings. The van der Waals surface area contributed by atoms with E-state index in [2.05, 4.69) is 16.3 Å². The number of nitrogens with one attached hydrogen (secondary N) is 1. The van der Waals surface area contributed by atoms with E-state index in [1.54, 1.807) is 7.11 Å². The van der Waals surface area contributed by atoms with Gasteiger partial charge in [-0.05, 0) is 35.9 Å². The number of nitrogens with zero attached hydrogens (tertiary/aromatic N) is 1. The van der Waals surface area contributed by atoms with Crippen molar-refractivity contribution >= 4 is 34.6 Å². The second-order valence-electron chi connectivity index (χ2n) is 5.59. The van der Waals surface area contributed by atoms with Crippen molar-refractivity contribution in [2.45, 2.75) is 6.54 Å². The highest BCUT2D eigenvalue weighted by Crippen LogP contribution is 2.30. The molecule has 0 amide bonds. The van der Waals surface area contributed by atoms with Gasteiger partial charge in [0.15, 0.2) is 0 Å². The predicted octanol–water partition coefficient (Wildman–Crippen LogP) is 4.45. The van der Waals surface area contributed by atoms with Crippen LogP contribution in [-0.2, 0) is 11.3 Å². The van der Waals surface area contributed by atoms with Crippen molar-refractivity contribution in [3.63, 3.8) is 0 Å². The molecule has 0 radical (unpaired) electrons. The fraction of sp³-hybridized carbons (Fsp3) is 0.333. The molecule has 0 bridgehead atoms. The third-order valence-corrected chi connectivity index (χ3v) is 4.61. The Balaban J connectivity index is 1.65. The summed E-state index contributed by atoms with van der Waals surface area (Å²) >= 11 is 12.6. The second-order valence-corrected chi connectivity index (χ2v) is 6.40. The van der Waals surface area contributed by atoms with Crippen LogP contribution in [0.1, 0.15) is 5.56 Å². The molecule has 1 fully saturated rings. The van der Waals surface area contributed by atoms with Gasteiger partial charge in [0.25, 0.3) is 0 Å². The Labute approximate surface area is 152 Å². The summed E-state index contributed by atoms with van der Waals surface area (Å²) in [6.07, 6.45) is 0. The van der Waals surface area contributed by atoms with Gasteiger partial charge >= 0.3 is 0 Å². The van der Waals surface area contributed by atoms with Crippen LogP contribution in [-0.4, -0.2) is 33.4 Å². The summed E-state index contributed by atoms with van der Waals surface area (Å²) in [5.74, 6) is 0.679. The van der Waals surface area contributed by atoms with Gasteiger partial charge in [-0.25, -0.2) is 0 Å². The van der Waals surface area contributed by atoms with Crippen LogP contribution >= 0.6 is 23.2 Å². The Morgan fingerprint density at radius 3 is 2.54 bits per heavy atom. The van der Waals surface area contributed by atoms with Gasteiger partial charge in [0.2, 0.25) is 0 Å². The molecule has 2 aromatic rings. The van der Waals surface area contributed by atoms with Crippen LogP contribution in [0.2, 0.25) is 10.0 Å². The molecule has 0 atom stereocenters. The van der Waals surface area contributed by atoms with E-state index >= 15 is 0 Å². The SMILES string of the molecule is COc1ccc(CNc2ccc(N3CCOCC3)c(Cl)c2)cc1Cl. The first kappa shape index (κ1) is 17.2. The summed E-state index contributed by atoms with van der Waals surface area (Å²) in [5, 5.41) is 4.72. The molecule has 1 N–H and O–H groups in total. The van der Waals surface area contributed by atoms with Crippen LogP contribution in [0.4, 0.5) is 11.4 Å². The van der Waals surface area contributed by atoms with Gasteiger partial charge in [-0.15, -0.1) is 0 Å². The van der Waals surface area contributed by atoms with E-state index in [1.807, 2.05) is 30.3 Å². The number of rotatable bonds is 5. The van der Waals surface area contributed by atoms with Crippen molar-refractivity contribution in [1.29, 1.82) is 0 Å².